The molecular formula is C11H16N+. The maximum absolute atomic E-state index is 2.46. The third-order valence-electron chi connectivity index (χ3n) is 2.76. The Balaban J connectivity index is 2.26. The molecule has 1 fully saturated rings. The van der Waals surface area contributed by atoms with Crippen molar-refractivity contribution in [2.24, 2.45) is 0 Å². The molecule has 0 amide bonds. The summed E-state index contributed by atoms with van der Waals surface area (Å²) >= 11 is 0. The van der Waals surface area contributed by atoms with Gasteiger partial charge in [-0.05, 0) is 12.5 Å². The molecule has 0 saturated carbocycles. The molecule has 1 heterocycles. The average molecular weight is 162 g/mol. The highest BCUT2D eigenvalue weighted by atomic mass is 14.9. The van der Waals surface area contributed by atoms with Gasteiger partial charge < -0.3 is 5.32 Å². The first-order valence-electron chi connectivity index (χ1n) is 4.77. The number of rotatable bonds is 1. The van der Waals surface area contributed by atoms with Gasteiger partial charge in [0.1, 0.15) is 6.04 Å². The second kappa shape index (κ2) is 3.28. The van der Waals surface area contributed by atoms with Crippen LogP contribution in [0, 0.1) is 6.92 Å². The van der Waals surface area contributed by atoms with E-state index in [9.17, 15) is 0 Å². The van der Waals surface area contributed by atoms with Gasteiger partial charge in [0.15, 0.2) is 0 Å². The molecule has 2 rings (SSSR count). The average Bonchev–Trinajstić information content (AvgIpc) is 2.57. The van der Waals surface area contributed by atoms with Crippen molar-refractivity contribution in [1.29, 1.82) is 0 Å². The zero-order chi connectivity index (χ0) is 8.39. The van der Waals surface area contributed by atoms with Crippen LogP contribution >= 0.6 is 0 Å². The molecule has 0 aromatic heterocycles. The molecule has 12 heavy (non-hydrogen) atoms. The fraction of sp³-hybridized carbons (Fsp3) is 0.455. The molecule has 1 aromatic rings. The van der Waals surface area contributed by atoms with E-state index in [-0.39, 0.29) is 0 Å². The van der Waals surface area contributed by atoms with Crippen LogP contribution in [0.4, 0.5) is 0 Å². The highest BCUT2D eigenvalue weighted by Crippen LogP contribution is 2.20. The Hall–Kier alpha value is -0.820. The number of nitrogens with two attached hydrogens (primary N) is 1. The normalized spacial score (nSPS) is 22.9. The number of hydrogen-bond donors (Lipinski definition) is 1. The fourth-order valence-electron chi connectivity index (χ4n) is 2.06. The maximum atomic E-state index is 2.46. The van der Waals surface area contributed by atoms with Crippen molar-refractivity contribution in [1.82, 2.24) is 0 Å². The van der Waals surface area contributed by atoms with E-state index in [1.807, 2.05) is 0 Å². The molecule has 1 aliphatic rings. The van der Waals surface area contributed by atoms with Gasteiger partial charge in [0.25, 0.3) is 0 Å². The van der Waals surface area contributed by atoms with Crippen LogP contribution in [0.3, 0.4) is 0 Å². The number of quaternary nitrogens is 1. The Labute approximate surface area is 73.8 Å². The number of benzene rings is 1. The minimum absolute atomic E-state index is 0.742. The molecule has 1 aromatic carbocycles. The monoisotopic (exact) mass is 162 g/mol. The second-order valence-corrected chi connectivity index (χ2v) is 3.63. The number of hydrogen-bond acceptors (Lipinski definition) is 0. The quantitative estimate of drug-likeness (QED) is 0.642. The van der Waals surface area contributed by atoms with E-state index in [4.69, 9.17) is 0 Å². The summed E-state index contributed by atoms with van der Waals surface area (Å²) in [4.78, 5) is 0. The van der Waals surface area contributed by atoms with Crippen LogP contribution in [-0.2, 0) is 0 Å². The molecule has 0 aliphatic carbocycles. The Morgan fingerprint density at radius 2 is 2.17 bits per heavy atom. The second-order valence-electron chi connectivity index (χ2n) is 3.63. The highest BCUT2D eigenvalue weighted by Gasteiger charge is 2.20. The molecule has 0 spiro atoms. The van der Waals surface area contributed by atoms with Gasteiger partial charge in [-0.25, -0.2) is 0 Å². The zero-order valence-corrected chi connectivity index (χ0v) is 7.59. The van der Waals surface area contributed by atoms with Gasteiger partial charge in [-0.2, -0.15) is 0 Å². The molecule has 0 unspecified atom stereocenters. The summed E-state index contributed by atoms with van der Waals surface area (Å²) in [6, 6.07) is 9.48. The lowest BCUT2D eigenvalue weighted by atomic mass is 10.0. The van der Waals surface area contributed by atoms with Crippen LogP contribution in [0.5, 0.6) is 0 Å². The molecule has 1 heteroatoms. The predicted octanol–water partition coefficient (Wildman–Crippen LogP) is 1.39. The minimum Gasteiger partial charge on any atom is -0.340 e. The van der Waals surface area contributed by atoms with Crippen molar-refractivity contribution in [3.8, 4) is 0 Å². The first-order valence-corrected chi connectivity index (χ1v) is 4.77. The topological polar surface area (TPSA) is 16.6 Å². The van der Waals surface area contributed by atoms with E-state index >= 15 is 0 Å². The maximum Gasteiger partial charge on any atom is 0.112 e. The van der Waals surface area contributed by atoms with E-state index < -0.39 is 0 Å². The van der Waals surface area contributed by atoms with Gasteiger partial charge in [-0.1, -0.05) is 24.3 Å². The summed E-state index contributed by atoms with van der Waals surface area (Å²) in [5.41, 5.74) is 2.98. The standard InChI is InChI=1S/C11H15N/c1-9-5-2-3-6-10(9)11-7-4-8-12-11/h2-3,5-6,11-12H,4,7-8H2,1H3/p+1/t11-/m0/s1. The Morgan fingerprint density at radius 1 is 1.33 bits per heavy atom. The van der Waals surface area contributed by atoms with Crippen LogP contribution in [-0.4, -0.2) is 6.54 Å². The lowest BCUT2D eigenvalue weighted by Gasteiger charge is -2.09. The summed E-state index contributed by atoms with van der Waals surface area (Å²) in [6.07, 6.45) is 2.73. The van der Waals surface area contributed by atoms with Crippen molar-refractivity contribution < 1.29 is 5.32 Å². The first-order chi connectivity index (χ1) is 5.88. The molecule has 0 bridgehead atoms. The van der Waals surface area contributed by atoms with Gasteiger partial charge in [0.2, 0.25) is 0 Å². The molecule has 1 saturated heterocycles. The van der Waals surface area contributed by atoms with Gasteiger partial charge in [-0.3, -0.25) is 0 Å². The molecule has 2 N–H and O–H groups in total. The van der Waals surface area contributed by atoms with E-state index in [1.165, 1.54) is 30.5 Å². The lowest BCUT2D eigenvalue weighted by molar-refractivity contribution is -0.676. The summed E-state index contributed by atoms with van der Waals surface area (Å²) in [7, 11) is 0. The van der Waals surface area contributed by atoms with E-state index in [0.29, 0.717) is 0 Å². The largest absolute Gasteiger partial charge is 0.340 e. The van der Waals surface area contributed by atoms with Gasteiger partial charge in [0, 0.05) is 18.4 Å². The predicted molar refractivity (Wildman–Crippen MR) is 49.9 cm³/mol. The van der Waals surface area contributed by atoms with Crippen LogP contribution in [0.15, 0.2) is 24.3 Å². The van der Waals surface area contributed by atoms with Crippen molar-refractivity contribution in [3.63, 3.8) is 0 Å². The molecule has 64 valence electrons. The lowest BCUT2D eigenvalue weighted by Crippen LogP contribution is -2.81. The van der Waals surface area contributed by atoms with Crippen LogP contribution < -0.4 is 5.32 Å². The minimum atomic E-state index is 0.742. The fourth-order valence-corrected chi connectivity index (χ4v) is 2.06. The Bertz CT molecular complexity index is 261. The van der Waals surface area contributed by atoms with Crippen molar-refractivity contribution in [2.45, 2.75) is 25.8 Å². The van der Waals surface area contributed by atoms with E-state index in [2.05, 4.69) is 36.5 Å². The summed E-state index contributed by atoms with van der Waals surface area (Å²) < 4.78 is 0. The number of aryl methyl sites for hydroxylation is 1. The highest BCUT2D eigenvalue weighted by molar-refractivity contribution is 5.27. The van der Waals surface area contributed by atoms with Crippen molar-refractivity contribution in [3.05, 3.63) is 35.4 Å². The van der Waals surface area contributed by atoms with Crippen molar-refractivity contribution >= 4 is 0 Å². The third-order valence-corrected chi connectivity index (χ3v) is 2.76. The van der Waals surface area contributed by atoms with Crippen LogP contribution in [0.2, 0.25) is 0 Å². The molecule has 1 atom stereocenters. The van der Waals surface area contributed by atoms with E-state index in [1.54, 1.807) is 0 Å². The summed E-state index contributed by atoms with van der Waals surface area (Å²) in [5, 5.41) is 2.46. The molecule has 0 radical (unpaired) electrons. The van der Waals surface area contributed by atoms with Gasteiger partial charge >= 0.3 is 0 Å². The van der Waals surface area contributed by atoms with Gasteiger partial charge in [-0.15, -0.1) is 0 Å². The molecular weight excluding hydrogens is 146 g/mol. The smallest absolute Gasteiger partial charge is 0.112 e. The molecule has 1 aliphatic heterocycles. The van der Waals surface area contributed by atoms with Crippen molar-refractivity contribution in [2.75, 3.05) is 6.54 Å². The zero-order valence-electron chi connectivity index (χ0n) is 7.59. The Kier molecular flexibility index (Phi) is 2.13. The summed E-state index contributed by atoms with van der Waals surface area (Å²) in [6.45, 7) is 3.51. The van der Waals surface area contributed by atoms with Crippen LogP contribution in [0.1, 0.15) is 30.0 Å². The SMILES string of the molecule is Cc1ccccc1[C@@H]1CCC[NH2+]1. The third kappa shape index (κ3) is 1.37. The first kappa shape index (κ1) is 7.81. The van der Waals surface area contributed by atoms with Gasteiger partial charge in [0.05, 0.1) is 6.54 Å². The summed E-state index contributed by atoms with van der Waals surface area (Å²) in [5.74, 6) is 0. The van der Waals surface area contributed by atoms with Crippen LogP contribution in [0.25, 0.3) is 0 Å². The molecule has 1 nitrogen and oxygen atoms in total. The Morgan fingerprint density at radius 3 is 2.83 bits per heavy atom. The van der Waals surface area contributed by atoms with E-state index in [0.717, 1.165) is 6.04 Å².